The topological polar surface area (TPSA) is 76.8 Å². The molecule has 0 fully saturated rings. The predicted octanol–water partition coefficient (Wildman–Crippen LogP) is 5.49. The monoisotopic (exact) mass is 478 g/mol. The minimum absolute atomic E-state index is 0.00747. The van der Waals surface area contributed by atoms with Crippen molar-refractivity contribution in [2.75, 3.05) is 17.2 Å². The number of aromatic nitrogens is 5. The molecule has 0 aliphatic rings. The number of anilines is 1. The molecule has 0 bridgehead atoms. The predicted molar refractivity (Wildman–Crippen MR) is 134 cm³/mol. The van der Waals surface area contributed by atoms with Crippen molar-refractivity contribution in [3.05, 3.63) is 66.0 Å². The number of unbranched alkanes of at least 4 members (excludes halogenated alkanes) is 3. The number of amides is 1. The molecule has 9 heteroatoms. The number of thioether (sulfide) groups is 1. The van der Waals surface area contributed by atoms with Crippen LogP contribution >= 0.6 is 23.1 Å². The second kappa shape index (κ2) is 11.7. The summed E-state index contributed by atoms with van der Waals surface area (Å²) in [5, 5.41) is 15.3. The summed E-state index contributed by atoms with van der Waals surface area (Å²) in [5.74, 6) is 0.245. The summed E-state index contributed by atoms with van der Waals surface area (Å²) in [7, 11) is 0. The number of tetrazole rings is 1. The van der Waals surface area contributed by atoms with Crippen LogP contribution in [-0.4, -0.2) is 43.4 Å². The fourth-order valence-corrected chi connectivity index (χ4v) is 5.00. The molecule has 0 saturated carbocycles. The zero-order valence-electron chi connectivity index (χ0n) is 18.5. The second-order valence-corrected chi connectivity index (χ2v) is 9.26. The molecule has 0 N–H and O–H groups in total. The summed E-state index contributed by atoms with van der Waals surface area (Å²) in [6.07, 6.45) is 4.36. The van der Waals surface area contributed by atoms with Gasteiger partial charge in [0.25, 0.3) is 0 Å². The van der Waals surface area contributed by atoms with Crippen LogP contribution in [0.5, 0.6) is 0 Å². The van der Waals surface area contributed by atoms with Crippen molar-refractivity contribution in [1.82, 2.24) is 25.2 Å². The molecule has 0 unspecified atom stereocenters. The average Bonchev–Trinajstić information content (AvgIpc) is 3.54. The van der Waals surface area contributed by atoms with Crippen molar-refractivity contribution in [3.63, 3.8) is 0 Å². The van der Waals surface area contributed by atoms with Gasteiger partial charge in [-0.15, -0.1) is 16.4 Å². The van der Waals surface area contributed by atoms with Crippen molar-refractivity contribution in [2.24, 2.45) is 0 Å². The van der Waals surface area contributed by atoms with Crippen molar-refractivity contribution >= 4 is 34.1 Å². The maximum Gasteiger partial charge on any atom is 0.239 e. The minimum atomic E-state index is 0.00747. The Morgan fingerprint density at radius 3 is 2.55 bits per heavy atom. The molecule has 2 aromatic carbocycles. The van der Waals surface area contributed by atoms with Crippen molar-refractivity contribution in [1.29, 1.82) is 0 Å². The van der Waals surface area contributed by atoms with Gasteiger partial charge >= 0.3 is 0 Å². The van der Waals surface area contributed by atoms with E-state index in [4.69, 9.17) is 4.98 Å². The number of rotatable bonds is 11. The van der Waals surface area contributed by atoms with Crippen LogP contribution < -0.4 is 4.90 Å². The first-order chi connectivity index (χ1) is 16.3. The van der Waals surface area contributed by atoms with E-state index < -0.39 is 0 Å². The molecule has 0 saturated heterocycles. The Hall–Kier alpha value is -3.04. The number of para-hydroxylation sites is 1. The molecule has 0 aliphatic carbocycles. The van der Waals surface area contributed by atoms with E-state index >= 15 is 0 Å². The summed E-state index contributed by atoms with van der Waals surface area (Å²) in [4.78, 5) is 19.9. The third-order valence-corrected chi connectivity index (χ3v) is 6.86. The van der Waals surface area contributed by atoms with Crippen LogP contribution in [0.2, 0.25) is 0 Å². The lowest BCUT2D eigenvalue weighted by Crippen LogP contribution is -2.33. The summed E-state index contributed by atoms with van der Waals surface area (Å²) >= 11 is 2.85. The van der Waals surface area contributed by atoms with Crippen LogP contribution in [0.4, 0.5) is 5.13 Å². The Bertz CT molecular complexity index is 1150. The molecule has 0 radical (unpaired) electrons. The Labute approximate surface area is 201 Å². The lowest BCUT2D eigenvalue weighted by atomic mass is 10.2. The molecule has 170 valence electrons. The smallest absolute Gasteiger partial charge is 0.239 e. The van der Waals surface area contributed by atoms with Gasteiger partial charge in [-0.1, -0.05) is 86.5 Å². The zero-order chi connectivity index (χ0) is 22.9. The fraction of sp³-hybridized carbons (Fsp3) is 0.292. The molecule has 4 rings (SSSR count). The largest absolute Gasteiger partial charge is 0.287 e. The summed E-state index contributed by atoms with van der Waals surface area (Å²) in [5.41, 5.74) is 2.80. The first-order valence-electron chi connectivity index (χ1n) is 11.0. The molecule has 0 atom stereocenters. The highest BCUT2D eigenvalue weighted by Crippen LogP contribution is 2.29. The highest BCUT2D eigenvalue weighted by Gasteiger charge is 2.21. The maximum atomic E-state index is 13.3. The standard InChI is InChI=1S/C24H26N6OS2/c1-2-3-4-11-16-29(23-25-21(17-32-23)19-12-7-5-8-13-19)22(31)18-33-24-26-27-28-30(24)20-14-9-6-10-15-20/h5-10,12-15,17H,2-4,11,16,18H2,1H3. The quantitative estimate of drug-likeness (QED) is 0.209. The van der Waals surface area contributed by atoms with Crippen molar-refractivity contribution in [3.8, 4) is 16.9 Å². The van der Waals surface area contributed by atoms with E-state index in [0.717, 1.165) is 47.8 Å². The van der Waals surface area contributed by atoms with Gasteiger partial charge in [0.2, 0.25) is 11.1 Å². The maximum absolute atomic E-state index is 13.3. The van der Waals surface area contributed by atoms with Crippen LogP contribution in [0.3, 0.4) is 0 Å². The summed E-state index contributed by atoms with van der Waals surface area (Å²) < 4.78 is 1.65. The number of benzene rings is 2. The van der Waals surface area contributed by atoms with Crippen LogP contribution in [0.25, 0.3) is 16.9 Å². The SMILES string of the molecule is CCCCCCN(C(=O)CSc1nnnn1-c1ccccc1)c1nc(-c2ccccc2)cs1. The third-order valence-electron chi connectivity index (χ3n) is 5.10. The van der Waals surface area contributed by atoms with Gasteiger partial charge < -0.3 is 0 Å². The normalized spacial score (nSPS) is 10.9. The second-order valence-electron chi connectivity index (χ2n) is 7.48. The number of nitrogens with zero attached hydrogens (tertiary/aromatic N) is 6. The van der Waals surface area contributed by atoms with Gasteiger partial charge in [-0.2, -0.15) is 4.68 Å². The zero-order valence-corrected chi connectivity index (χ0v) is 20.1. The highest BCUT2D eigenvalue weighted by atomic mass is 32.2. The van der Waals surface area contributed by atoms with Crippen LogP contribution in [0.15, 0.2) is 71.2 Å². The first kappa shape index (κ1) is 23.1. The van der Waals surface area contributed by atoms with Gasteiger partial charge in [0.1, 0.15) is 0 Å². The minimum Gasteiger partial charge on any atom is -0.287 e. The Morgan fingerprint density at radius 2 is 1.79 bits per heavy atom. The number of thiazole rings is 1. The number of carbonyl (C=O) groups is 1. The van der Waals surface area contributed by atoms with E-state index in [0.29, 0.717) is 11.7 Å². The molecule has 1 amide bonds. The number of carbonyl (C=O) groups excluding carboxylic acids is 1. The Morgan fingerprint density at radius 1 is 1.03 bits per heavy atom. The number of hydrogen-bond acceptors (Lipinski definition) is 7. The molecular formula is C24H26N6OS2. The molecule has 7 nitrogen and oxygen atoms in total. The third kappa shape index (κ3) is 6.06. The van der Waals surface area contributed by atoms with Gasteiger partial charge in [-0.25, -0.2) is 4.98 Å². The van der Waals surface area contributed by atoms with Gasteiger partial charge in [-0.05, 0) is 29.0 Å². The molecule has 2 aromatic heterocycles. The van der Waals surface area contributed by atoms with Crippen molar-refractivity contribution in [2.45, 2.75) is 37.8 Å². The molecule has 2 heterocycles. The van der Waals surface area contributed by atoms with E-state index in [1.54, 1.807) is 4.68 Å². The Balaban J connectivity index is 1.48. The van der Waals surface area contributed by atoms with E-state index in [1.807, 2.05) is 70.9 Å². The van der Waals surface area contributed by atoms with E-state index in [9.17, 15) is 4.79 Å². The van der Waals surface area contributed by atoms with Crippen LogP contribution in [0, 0.1) is 0 Å². The van der Waals surface area contributed by atoms with Gasteiger partial charge in [0, 0.05) is 17.5 Å². The van der Waals surface area contributed by atoms with Crippen molar-refractivity contribution < 1.29 is 4.79 Å². The molecule has 0 spiro atoms. The molecule has 33 heavy (non-hydrogen) atoms. The summed E-state index contributed by atoms with van der Waals surface area (Å²) in [6.45, 7) is 2.84. The Kier molecular flexibility index (Phi) is 8.21. The van der Waals surface area contributed by atoms with Gasteiger partial charge in [0.15, 0.2) is 5.13 Å². The van der Waals surface area contributed by atoms with E-state index in [1.165, 1.54) is 23.1 Å². The summed E-state index contributed by atoms with van der Waals surface area (Å²) in [6, 6.07) is 19.7. The highest BCUT2D eigenvalue weighted by molar-refractivity contribution is 7.99. The average molecular weight is 479 g/mol. The van der Waals surface area contributed by atoms with Gasteiger partial charge in [0.05, 0.1) is 17.1 Å². The molecule has 0 aliphatic heterocycles. The fourth-order valence-electron chi connectivity index (χ4n) is 3.36. The lowest BCUT2D eigenvalue weighted by Gasteiger charge is -2.19. The van der Waals surface area contributed by atoms with Crippen LogP contribution in [-0.2, 0) is 4.79 Å². The molecule has 4 aromatic rings. The first-order valence-corrected chi connectivity index (χ1v) is 12.9. The number of hydrogen-bond donors (Lipinski definition) is 0. The lowest BCUT2D eigenvalue weighted by molar-refractivity contribution is -0.116. The van der Waals surface area contributed by atoms with Crippen LogP contribution in [0.1, 0.15) is 32.6 Å². The molecular weight excluding hydrogens is 452 g/mol. The van der Waals surface area contributed by atoms with E-state index in [2.05, 4.69) is 22.4 Å². The van der Waals surface area contributed by atoms with E-state index in [-0.39, 0.29) is 11.7 Å². The van der Waals surface area contributed by atoms with Gasteiger partial charge in [-0.3, -0.25) is 9.69 Å².